The Bertz CT molecular complexity index is 1130. The maximum atomic E-state index is 12.9. The lowest BCUT2D eigenvalue weighted by molar-refractivity contribution is -0.117. The van der Waals surface area contributed by atoms with E-state index < -0.39 is 10.0 Å². The Morgan fingerprint density at radius 2 is 1.33 bits per heavy atom. The van der Waals surface area contributed by atoms with Crippen LogP contribution in [-0.4, -0.2) is 33.3 Å². The molecule has 8 heteroatoms. The van der Waals surface area contributed by atoms with Gasteiger partial charge in [-0.3, -0.25) is 14.3 Å². The second kappa shape index (κ2) is 7.75. The molecular weight excluding hydrogens is 402 g/mol. The van der Waals surface area contributed by atoms with Crippen LogP contribution in [0.1, 0.15) is 36.8 Å². The van der Waals surface area contributed by atoms with Crippen LogP contribution in [0.25, 0.3) is 0 Å². The van der Waals surface area contributed by atoms with Crippen molar-refractivity contribution in [1.82, 2.24) is 0 Å². The van der Waals surface area contributed by atoms with Crippen LogP contribution >= 0.6 is 0 Å². The van der Waals surface area contributed by atoms with Crippen LogP contribution in [0.5, 0.6) is 0 Å². The molecule has 0 bridgehead atoms. The Balaban J connectivity index is 1.56. The predicted octanol–water partition coefficient (Wildman–Crippen LogP) is 3.36. The molecule has 0 atom stereocenters. The van der Waals surface area contributed by atoms with Crippen molar-refractivity contribution in [3.05, 3.63) is 47.5 Å². The summed E-state index contributed by atoms with van der Waals surface area (Å²) in [6.07, 6.45) is 2.73. The SMILES string of the molecule is Cc1cc(NS(=O)(=O)c2ccc(N3CCCC3=O)c(C)c2)ccc1N1CCCC1=O. The summed E-state index contributed by atoms with van der Waals surface area (Å²) in [4.78, 5) is 27.6. The second-order valence-electron chi connectivity index (χ2n) is 7.85. The lowest BCUT2D eigenvalue weighted by atomic mass is 10.1. The van der Waals surface area contributed by atoms with Crippen molar-refractivity contribution in [2.45, 2.75) is 44.4 Å². The molecule has 0 aliphatic carbocycles. The summed E-state index contributed by atoms with van der Waals surface area (Å²) in [5.41, 5.74) is 3.60. The molecule has 0 radical (unpaired) electrons. The number of nitrogens with zero attached hydrogens (tertiary/aromatic N) is 2. The third kappa shape index (κ3) is 3.79. The minimum absolute atomic E-state index is 0.0684. The largest absolute Gasteiger partial charge is 0.312 e. The monoisotopic (exact) mass is 427 g/mol. The van der Waals surface area contributed by atoms with Gasteiger partial charge in [0.1, 0.15) is 0 Å². The molecule has 0 aromatic heterocycles. The first-order valence-corrected chi connectivity index (χ1v) is 11.6. The third-order valence-corrected chi connectivity index (χ3v) is 7.03. The Hall–Kier alpha value is -2.87. The summed E-state index contributed by atoms with van der Waals surface area (Å²) in [5, 5.41) is 0. The van der Waals surface area contributed by atoms with Crippen LogP contribution in [0.4, 0.5) is 17.1 Å². The normalized spacial score (nSPS) is 17.1. The molecule has 2 aromatic carbocycles. The molecule has 0 unspecified atom stereocenters. The molecular formula is C22H25N3O4S. The number of carbonyl (C=O) groups excluding carboxylic acids is 2. The molecule has 1 N–H and O–H groups in total. The number of anilines is 3. The van der Waals surface area contributed by atoms with E-state index in [0.717, 1.165) is 35.3 Å². The molecule has 2 aliphatic heterocycles. The van der Waals surface area contributed by atoms with Crippen LogP contribution < -0.4 is 14.5 Å². The average molecular weight is 428 g/mol. The summed E-state index contributed by atoms with van der Waals surface area (Å²) in [5.74, 6) is 0.164. The molecule has 158 valence electrons. The van der Waals surface area contributed by atoms with Crippen molar-refractivity contribution in [1.29, 1.82) is 0 Å². The Morgan fingerprint density at radius 3 is 1.80 bits per heavy atom. The number of sulfonamides is 1. The minimum atomic E-state index is -3.78. The fourth-order valence-electron chi connectivity index (χ4n) is 4.14. The van der Waals surface area contributed by atoms with Gasteiger partial charge >= 0.3 is 0 Å². The fraction of sp³-hybridized carbons (Fsp3) is 0.364. The van der Waals surface area contributed by atoms with E-state index in [9.17, 15) is 18.0 Å². The molecule has 0 saturated carbocycles. The molecule has 2 fully saturated rings. The van der Waals surface area contributed by atoms with Crippen molar-refractivity contribution in [2.75, 3.05) is 27.6 Å². The van der Waals surface area contributed by atoms with Gasteiger partial charge in [-0.1, -0.05) is 0 Å². The third-order valence-electron chi connectivity index (χ3n) is 5.66. The van der Waals surface area contributed by atoms with Gasteiger partial charge in [0.2, 0.25) is 11.8 Å². The highest BCUT2D eigenvalue weighted by Crippen LogP contribution is 2.30. The Kier molecular flexibility index (Phi) is 5.27. The Labute approximate surface area is 176 Å². The first kappa shape index (κ1) is 20.4. The van der Waals surface area contributed by atoms with Crippen molar-refractivity contribution in [3.8, 4) is 0 Å². The average Bonchev–Trinajstić information content (AvgIpc) is 3.30. The van der Waals surface area contributed by atoms with Gasteiger partial charge in [0, 0.05) is 43.0 Å². The highest BCUT2D eigenvalue weighted by Gasteiger charge is 2.25. The van der Waals surface area contributed by atoms with E-state index in [1.54, 1.807) is 40.1 Å². The summed E-state index contributed by atoms with van der Waals surface area (Å²) < 4.78 is 28.4. The summed E-state index contributed by atoms with van der Waals surface area (Å²) >= 11 is 0. The molecule has 7 nitrogen and oxygen atoms in total. The number of benzene rings is 2. The molecule has 2 amide bonds. The molecule has 2 aliphatic rings. The molecule has 2 heterocycles. The quantitative estimate of drug-likeness (QED) is 0.793. The lowest BCUT2D eigenvalue weighted by Crippen LogP contribution is -2.25. The number of aryl methyl sites for hydroxylation is 2. The number of nitrogens with one attached hydrogen (secondary N) is 1. The summed E-state index contributed by atoms with van der Waals surface area (Å²) in [6.45, 7) is 5.03. The van der Waals surface area contributed by atoms with Crippen molar-refractivity contribution in [2.24, 2.45) is 0 Å². The lowest BCUT2D eigenvalue weighted by Gasteiger charge is -2.20. The summed E-state index contributed by atoms with van der Waals surface area (Å²) in [7, 11) is -3.78. The van der Waals surface area contributed by atoms with Crippen LogP contribution in [-0.2, 0) is 19.6 Å². The van der Waals surface area contributed by atoms with Crippen molar-refractivity contribution < 1.29 is 18.0 Å². The highest BCUT2D eigenvalue weighted by molar-refractivity contribution is 7.92. The van der Waals surface area contributed by atoms with E-state index in [4.69, 9.17) is 0 Å². The Morgan fingerprint density at radius 1 is 0.800 bits per heavy atom. The van der Waals surface area contributed by atoms with E-state index in [0.29, 0.717) is 31.6 Å². The second-order valence-corrected chi connectivity index (χ2v) is 9.54. The summed E-state index contributed by atoms with van der Waals surface area (Å²) in [6, 6.07) is 10.0. The van der Waals surface area contributed by atoms with E-state index in [-0.39, 0.29) is 16.7 Å². The zero-order valence-electron chi connectivity index (χ0n) is 17.1. The van der Waals surface area contributed by atoms with Gasteiger partial charge in [0.25, 0.3) is 10.0 Å². The standard InChI is InChI=1S/C22H25N3O4S/c1-15-13-17(7-9-19(15)24-11-3-5-21(24)26)23-30(28,29)18-8-10-20(16(2)14-18)25-12-4-6-22(25)27/h7-10,13-14,23H,3-6,11-12H2,1-2H3. The van der Waals surface area contributed by atoms with E-state index >= 15 is 0 Å². The van der Waals surface area contributed by atoms with Crippen molar-refractivity contribution >= 4 is 38.9 Å². The number of hydrogen-bond acceptors (Lipinski definition) is 4. The van der Waals surface area contributed by atoms with Gasteiger partial charge in [-0.05, 0) is 74.2 Å². The zero-order valence-corrected chi connectivity index (χ0v) is 18.0. The first-order valence-electron chi connectivity index (χ1n) is 10.1. The smallest absolute Gasteiger partial charge is 0.261 e. The van der Waals surface area contributed by atoms with Gasteiger partial charge in [-0.15, -0.1) is 0 Å². The number of amides is 2. The van der Waals surface area contributed by atoms with Crippen LogP contribution in [0, 0.1) is 13.8 Å². The topological polar surface area (TPSA) is 86.8 Å². The van der Waals surface area contributed by atoms with Gasteiger partial charge in [0.05, 0.1) is 4.90 Å². The van der Waals surface area contributed by atoms with Crippen molar-refractivity contribution in [3.63, 3.8) is 0 Å². The predicted molar refractivity (Wildman–Crippen MR) is 116 cm³/mol. The first-order chi connectivity index (χ1) is 14.3. The molecule has 0 spiro atoms. The van der Waals surface area contributed by atoms with Gasteiger partial charge in [0.15, 0.2) is 0 Å². The van der Waals surface area contributed by atoms with E-state index in [1.165, 1.54) is 6.07 Å². The molecule has 2 saturated heterocycles. The molecule has 30 heavy (non-hydrogen) atoms. The van der Waals surface area contributed by atoms with E-state index in [2.05, 4.69) is 4.72 Å². The highest BCUT2D eigenvalue weighted by atomic mass is 32.2. The molecule has 4 rings (SSSR count). The number of hydrogen-bond donors (Lipinski definition) is 1. The van der Waals surface area contributed by atoms with E-state index in [1.807, 2.05) is 13.8 Å². The number of carbonyl (C=O) groups is 2. The van der Waals surface area contributed by atoms with Crippen LogP contribution in [0.3, 0.4) is 0 Å². The maximum absolute atomic E-state index is 12.9. The van der Waals surface area contributed by atoms with Gasteiger partial charge < -0.3 is 9.80 Å². The number of rotatable bonds is 5. The minimum Gasteiger partial charge on any atom is -0.312 e. The van der Waals surface area contributed by atoms with Gasteiger partial charge in [-0.25, -0.2) is 8.42 Å². The zero-order chi connectivity index (χ0) is 21.5. The molecule has 2 aromatic rings. The van der Waals surface area contributed by atoms with Crippen LogP contribution in [0.15, 0.2) is 41.3 Å². The van der Waals surface area contributed by atoms with Crippen LogP contribution in [0.2, 0.25) is 0 Å². The fourth-order valence-corrected chi connectivity index (χ4v) is 5.27. The maximum Gasteiger partial charge on any atom is 0.261 e. The van der Waals surface area contributed by atoms with Gasteiger partial charge in [-0.2, -0.15) is 0 Å².